The molecule has 1 aromatic rings. The molecule has 0 amide bonds. The van der Waals surface area contributed by atoms with E-state index in [0.29, 0.717) is 0 Å². The summed E-state index contributed by atoms with van der Waals surface area (Å²) in [6.45, 7) is 1.65. The normalized spacial score (nSPS) is 10.0. The fourth-order valence-electron chi connectivity index (χ4n) is 1.08. The highest BCUT2D eigenvalue weighted by atomic mass is 127. The van der Waals surface area contributed by atoms with Crippen LogP contribution < -0.4 is 10.6 Å². The smallest absolute Gasteiger partial charge is 0.270 e. The third kappa shape index (κ3) is 3.63. The molecule has 0 bridgehead atoms. The zero-order valence-electron chi connectivity index (χ0n) is 8.29. The van der Waals surface area contributed by atoms with Gasteiger partial charge in [-0.3, -0.25) is 10.1 Å². The van der Waals surface area contributed by atoms with E-state index < -0.39 is 0 Å². The van der Waals surface area contributed by atoms with Crippen LogP contribution in [0.4, 0.5) is 11.4 Å². The molecular formula is C9H12IN3O2. The number of halogens is 1. The molecule has 0 saturated heterocycles. The van der Waals surface area contributed by atoms with Crippen LogP contribution in [-0.2, 0) is 0 Å². The molecule has 0 fully saturated rings. The van der Waals surface area contributed by atoms with Crippen molar-refractivity contribution in [3.8, 4) is 0 Å². The number of rotatable bonds is 5. The third-order valence-corrected chi connectivity index (χ3v) is 2.75. The van der Waals surface area contributed by atoms with Gasteiger partial charge in [0.15, 0.2) is 0 Å². The van der Waals surface area contributed by atoms with Crippen molar-refractivity contribution in [3.63, 3.8) is 0 Å². The average Bonchev–Trinajstić information content (AvgIpc) is 2.20. The summed E-state index contributed by atoms with van der Waals surface area (Å²) in [5, 5.41) is 16.7. The molecule has 0 spiro atoms. The molecule has 6 heteroatoms. The predicted octanol–water partition coefficient (Wildman–Crippen LogP) is 1.83. The summed E-state index contributed by atoms with van der Waals surface area (Å²) < 4.78 is 0.859. The van der Waals surface area contributed by atoms with Gasteiger partial charge in [-0.15, -0.1) is 0 Å². The minimum atomic E-state index is -0.389. The summed E-state index contributed by atoms with van der Waals surface area (Å²) in [4.78, 5) is 10.1. The number of likely N-dealkylation sites (N-methyl/N-ethyl adjacent to an activating group) is 1. The molecule has 0 saturated carbocycles. The van der Waals surface area contributed by atoms with E-state index in [1.165, 1.54) is 6.07 Å². The summed E-state index contributed by atoms with van der Waals surface area (Å²) in [6, 6.07) is 4.79. The lowest BCUT2D eigenvalue weighted by atomic mass is 10.3. The maximum Gasteiger partial charge on any atom is 0.270 e. The molecule has 1 rings (SSSR count). The van der Waals surface area contributed by atoms with Gasteiger partial charge in [0.1, 0.15) is 0 Å². The van der Waals surface area contributed by atoms with Crippen LogP contribution in [0.3, 0.4) is 0 Å². The van der Waals surface area contributed by atoms with Crippen LogP contribution in [0.2, 0.25) is 0 Å². The molecule has 0 aromatic heterocycles. The Kier molecular flexibility index (Phi) is 4.76. The number of nitrogens with zero attached hydrogens (tertiary/aromatic N) is 1. The maximum absolute atomic E-state index is 10.5. The van der Waals surface area contributed by atoms with Gasteiger partial charge in [-0.2, -0.15) is 0 Å². The maximum atomic E-state index is 10.5. The zero-order valence-corrected chi connectivity index (χ0v) is 10.4. The Morgan fingerprint density at radius 1 is 1.47 bits per heavy atom. The van der Waals surface area contributed by atoms with Crippen molar-refractivity contribution in [1.29, 1.82) is 0 Å². The van der Waals surface area contributed by atoms with Crippen molar-refractivity contribution in [3.05, 3.63) is 31.9 Å². The SMILES string of the molecule is CNCCNc1ccc([N+](=O)[O-])cc1I. The van der Waals surface area contributed by atoms with Gasteiger partial charge in [-0.25, -0.2) is 0 Å². The zero-order chi connectivity index (χ0) is 11.3. The number of benzene rings is 1. The third-order valence-electron chi connectivity index (χ3n) is 1.85. The van der Waals surface area contributed by atoms with Crippen molar-refractivity contribution in [2.24, 2.45) is 0 Å². The minimum absolute atomic E-state index is 0.124. The molecule has 5 nitrogen and oxygen atoms in total. The highest BCUT2D eigenvalue weighted by Gasteiger charge is 2.08. The second-order valence-electron chi connectivity index (χ2n) is 2.95. The number of nitro groups is 1. The molecule has 0 heterocycles. The first-order valence-corrected chi connectivity index (χ1v) is 5.55. The second kappa shape index (κ2) is 5.86. The van der Waals surface area contributed by atoms with Crippen molar-refractivity contribution >= 4 is 34.0 Å². The summed E-state index contributed by atoms with van der Waals surface area (Å²) in [5.74, 6) is 0. The number of hydrogen-bond donors (Lipinski definition) is 2. The topological polar surface area (TPSA) is 67.2 Å². The Morgan fingerprint density at radius 3 is 2.73 bits per heavy atom. The lowest BCUT2D eigenvalue weighted by Gasteiger charge is -2.07. The summed E-state index contributed by atoms with van der Waals surface area (Å²) >= 11 is 2.08. The lowest BCUT2D eigenvalue weighted by molar-refractivity contribution is -0.384. The first-order valence-electron chi connectivity index (χ1n) is 4.47. The van der Waals surface area contributed by atoms with Crippen LogP contribution in [0.25, 0.3) is 0 Å². The quantitative estimate of drug-likeness (QED) is 0.376. The highest BCUT2D eigenvalue weighted by Crippen LogP contribution is 2.23. The van der Waals surface area contributed by atoms with Gasteiger partial charge < -0.3 is 10.6 Å². The van der Waals surface area contributed by atoms with Crippen LogP contribution in [0.15, 0.2) is 18.2 Å². The van der Waals surface area contributed by atoms with E-state index in [4.69, 9.17) is 0 Å². The summed E-state index contributed by atoms with van der Waals surface area (Å²) in [7, 11) is 1.88. The first kappa shape index (κ1) is 12.2. The van der Waals surface area contributed by atoms with Crippen molar-refractivity contribution in [1.82, 2.24) is 5.32 Å². The Labute approximate surface area is 102 Å². The van der Waals surface area contributed by atoms with Crippen LogP contribution in [0.1, 0.15) is 0 Å². The van der Waals surface area contributed by atoms with E-state index in [-0.39, 0.29) is 10.6 Å². The van der Waals surface area contributed by atoms with Gasteiger partial charge in [-0.05, 0) is 35.7 Å². The van der Waals surface area contributed by atoms with Crippen LogP contribution in [-0.4, -0.2) is 25.1 Å². The standard InChI is InChI=1S/C9H12IN3O2/c1-11-4-5-12-9-3-2-7(13(14)15)6-8(9)10/h2-3,6,11-12H,4-5H2,1H3. The number of nitro benzene ring substituents is 1. The first-order chi connectivity index (χ1) is 7.15. The second-order valence-corrected chi connectivity index (χ2v) is 4.11. The Bertz CT molecular complexity index is 357. The molecule has 0 radical (unpaired) electrons. The predicted molar refractivity (Wildman–Crippen MR) is 68.2 cm³/mol. The summed E-state index contributed by atoms with van der Waals surface area (Å²) in [6.07, 6.45) is 0. The molecule has 0 aliphatic carbocycles. The highest BCUT2D eigenvalue weighted by molar-refractivity contribution is 14.1. The minimum Gasteiger partial charge on any atom is -0.383 e. The van der Waals surface area contributed by atoms with E-state index in [1.54, 1.807) is 12.1 Å². The largest absolute Gasteiger partial charge is 0.383 e. The molecule has 0 aliphatic rings. The van der Waals surface area contributed by atoms with Gasteiger partial charge in [0, 0.05) is 34.5 Å². The van der Waals surface area contributed by atoms with Crippen LogP contribution in [0, 0.1) is 13.7 Å². The van der Waals surface area contributed by atoms with Crippen LogP contribution in [0.5, 0.6) is 0 Å². The van der Waals surface area contributed by atoms with Gasteiger partial charge in [0.05, 0.1) is 4.92 Å². The summed E-state index contributed by atoms with van der Waals surface area (Å²) in [5.41, 5.74) is 1.05. The Hall–Kier alpha value is -0.890. The van der Waals surface area contributed by atoms with E-state index in [2.05, 4.69) is 33.2 Å². The van der Waals surface area contributed by atoms with Crippen molar-refractivity contribution in [2.45, 2.75) is 0 Å². The Morgan fingerprint density at radius 2 is 2.20 bits per heavy atom. The molecular weight excluding hydrogens is 309 g/mol. The monoisotopic (exact) mass is 321 g/mol. The molecule has 0 unspecified atom stereocenters. The molecule has 82 valence electrons. The molecule has 0 atom stereocenters. The van der Waals surface area contributed by atoms with E-state index in [9.17, 15) is 10.1 Å². The fourth-order valence-corrected chi connectivity index (χ4v) is 1.77. The molecule has 1 aromatic carbocycles. The van der Waals surface area contributed by atoms with Gasteiger partial charge in [0.25, 0.3) is 5.69 Å². The fraction of sp³-hybridized carbons (Fsp3) is 0.333. The van der Waals surface area contributed by atoms with Crippen LogP contribution >= 0.6 is 22.6 Å². The number of nitrogens with one attached hydrogen (secondary N) is 2. The Balaban J connectivity index is 2.70. The lowest BCUT2D eigenvalue weighted by Crippen LogP contribution is -2.18. The number of hydrogen-bond acceptors (Lipinski definition) is 4. The van der Waals surface area contributed by atoms with Gasteiger partial charge in [0.2, 0.25) is 0 Å². The average molecular weight is 321 g/mol. The molecule has 15 heavy (non-hydrogen) atoms. The number of anilines is 1. The van der Waals surface area contributed by atoms with E-state index in [0.717, 1.165) is 22.3 Å². The van der Waals surface area contributed by atoms with E-state index in [1.807, 2.05) is 7.05 Å². The van der Waals surface area contributed by atoms with Crippen molar-refractivity contribution in [2.75, 3.05) is 25.5 Å². The van der Waals surface area contributed by atoms with Gasteiger partial charge in [-0.1, -0.05) is 0 Å². The van der Waals surface area contributed by atoms with Gasteiger partial charge >= 0.3 is 0 Å². The van der Waals surface area contributed by atoms with Crippen molar-refractivity contribution < 1.29 is 4.92 Å². The number of non-ortho nitro benzene ring substituents is 1. The van der Waals surface area contributed by atoms with E-state index >= 15 is 0 Å². The molecule has 2 N–H and O–H groups in total. The molecule has 0 aliphatic heterocycles.